The molecule has 0 atom stereocenters. The number of ether oxygens (including phenoxy) is 3. The first-order valence-corrected chi connectivity index (χ1v) is 10.1. The van der Waals surface area contributed by atoms with E-state index in [1.807, 2.05) is 0 Å². The van der Waals surface area contributed by atoms with Crippen LogP contribution < -0.4 is 15.4 Å². The van der Waals surface area contributed by atoms with E-state index in [4.69, 9.17) is 14.2 Å². The van der Waals surface area contributed by atoms with Gasteiger partial charge in [0.15, 0.2) is 5.96 Å². The van der Waals surface area contributed by atoms with Gasteiger partial charge >= 0.3 is 0 Å². The molecule has 1 saturated carbocycles. The van der Waals surface area contributed by atoms with Gasteiger partial charge in [0.05, 0.1) is 19.3 Å². The van der Waals surface area contributed by atoms with Crippen molar-refractivity contribution in [1.29, 1.82) is 0 Å². The average Bonchev–Trinajstić information content (AvgIpc) is 3.20. The summed E-state index contributed by atoms with van der Waals surface area (Å²) in [5.41, 5.74) is 1.29. The summed E-state index contributed by atoms with van der Waals surface area (Å²) < 4.78 is 16.4. The Bertz CT molecular complexity index is 528. The monoisotopic (exact) mass is 377 g/mol. The van der Waals surface area contributed by atoms with E-state index in [0.717, 1.165) is 44.2 Å². The van der Waals surface area contributed by atoms with Crippen molar-refractivity contribution in [2.24, 2.45) is 4.99 Å². The summed E-state index contributed by atoms with van der Waals surface area (Å²) in [4.78, 5) is 4.25. The first-order chi connectivity index (χ1) is 13.3. The van der Waals surface area contributed by atoms with Crippen LogP contribution in [0.2, 0.25) is 0 Å². The molecule has 6 nitrogen and oxygen atoms in total. The predicted molar refractivity (Wildman–Crippen MR) is 110 cm³/mol. The van der Waals surface area contributed by atoms with Gasteiger partial charge in [-0.3, -0.25) is 4.99 Å². The van der Waals surface area contributed by atoms with Crippen molar-refractivity contribution in [3.63, 3.8) is 0 Å². The highest BCUT2D eigenvalue weighted by atomic mass is 16.5. The van der Waals surface area contributed by atoms with E-state index >= 15 is 0 Å². The topological polar surface area (TPSA) is 64.1 Å². The Labute approximate surface area is 163 Å². The molecule has 0 aliphatic heterocycles. The summed E-state index contributed by atoms with van der Waals surface area (Å²) in [7, 11) is 3.47. The Balaban J connectivity index is 1.57. The number of aliphatic imine (C=N–C) groups is 1. The fraction of sp³-hybridized carbons (Fsp3) is 0.667. The van der Waals surface area contributed by atoms with Gasteiger partial charge in [-0.05, 0) is 56.2 Å². The van der Waals surface area contributed by atoms with Crippen molar-refractivity contribution >= 4 is 5.96 Å². The Kier molecular flexibility index (Phi) is 10.7. The Morgan fingerprint density at radius 2 is 1.78 bits per heavy atom. The molecule has 0 aromatic heterocycles. The number of methoxy groups -OCH3 is 1. The van der Waals surface area contributed by atoms with Crippen molar-refractivity contribution in [1.82, 2.24) is 10.6 Å². The Hall–Kier alpha value is -1.79. The molecule has 152 valence electrons. The molecule has 0 bridgehead atoms. The zero-order valence-corrected chi connectivity index (χ0v) is 16.8. The number of hydrogen-bond donors (Lipinski definition) is 2. The van der Waals surface area contributed by atoms with Crippen molar-refractivity contribution < 1.29 is 14.2 Å². The molecule has 2 rings (SSSR count). The molecule has 0 radical (unpaired) electrons. The molecule has 1 aliphatic carbocycles. The third-order valence-corrected chi connectivity index (χ3v) is 4.65. The van der Waals surface area contributed by atoms with Gasteiger partial charge in [-0.25, -0.2) is 0 Å². The number of rotatable bonds is 12. The SMILES string of the molecule is CN=C(NCCCOCCOC)NCCc1ccc(OC2CCCC2)cc1. The van der Waals surface area contributed by atoms with Crippen LogP contribution in [0.25, 0.3) is 0 Å². The molecule has 0 heterocycles. The summed E-state index contributed by atoms with van der Waals surface area (Å²) in [5.74, 6) is 1.82. The Morgan fingerprint density at radius 3 is 2.48 bits per heavy atom. The van der Waals surface area contributed by atoms with Crippen LogP contribution >= 0.6 is 0 Å². The van der Waals surface area contributed by atoms with Crippen LogP contribution in [0.3, 0.4) is 0 Å². The van der Waals surface area contributed by atoms with E-state index in [-0.39, 0.29) is 0 Å². The van der Waals surface area contributed by atoms with Crippen molar-refractivity contribution in [3.05, 3.63) is 29.8 Å². The van der Waals surface area contributed by atoms with Gasteiger partial charge in [-0.15, -0.1) is 0 Å². The molecular weight excluding hydrogens is 342 g/mol. The van der Waals surface area contributed by atoms with Gasteiger partial charge in [0, 0.05) is 33.9 Å². The molecular formula is C21H35N3O3. The molecule has 2 N–H and O–H groups in total. The summed E-state index contributed by atoms with van der Waals surface area (Å²) in [6.45, 7) is 3.69. The van der Waals surface area contributed by atoms with Gasteiger partial charge < -0.3 is 24.8 Å². The minimum atomic E-state index is 0.414. The van der Waals surface area contributed by atoms with E-state index in [0.29, 0.717) is 19.3 Å². The maximum Gasteiger partial charge on any atom is 0.190 e. The molecule has 0 amide bonds. The molecule has 1 aromatic rings. The highest BCUT2D eigenvalue weighted by Gasteiger charge is 2.16. The minimum Gasteiger partial charge on any atom is -0.490 e. The summed E-state index contributed by atoms with van der Waals surface area (Å²) in [6.07, 6.45) is 7.28. The fourth-order valence-corrected chi connectivity index (χ4v) is 3.10. The number of benzene rings is 1. The minimum absolute atomic E-state index is 0.414. The molecule has 0 saturated heterocycles. The van der Waals surface area contributed by atoms with Crippen molar-refractivity contribution in [2.45, 2.75) is 44.6 Å². The van der Waals surface area contributed by atoms with Crippen LogP contribution in [0.15, 0.2) is 29.3 Å². The standard InChI is InChI=1S/C21H35N3O3/c1-22-21(23-13-5-15-26-17-16-25-2)24-14-12-18-8-10-20(11-9-18)27-19-6-3-4-7-19/h8-11,19H,3-7,12-17H2,1-2H3,(H2,22,23,24). The third kappa shape index (κ3) is 9.11. The second kappa shape index (κ2) is 13.4. The normalized spacial score (nSPS) is 15.1. The molecule has 1 aliphatic rings. The average molecular weight is 378 g/mol. The first kappa shape index (κ1) is 21.5. The number of nitrogens with one attached hydrogen (secondary N) is 2. The maximum atomic E-state index is 6.01. The molecule has 1 fully saturated rings. The molecule has 27 heavy (non-hydrogen) atoms. The second-order valence-electron chi connectivity index (χ2n) is 6.80. The third-order valence-electron chi connectivity index (χ3n) is 4.65. The van der Waals surface area contributed by atoms with E-state index in [2.05, 4.69) is 39.9 Å². The van der Waals surface area contributed by atoms with E-state index in [1.54, 1.807) is 14.2 Å². The van der Waals surface area contributed by atoms with Crippen molar-refractivity contribution in [3.8, 4) is 5.75 Å². The predicted octanol–water partition coefficient (Wildman–Crippen LogP) is 2.77. The van der Waals surface area contributed by atoms with Gasteiger partial charge in [0.2, 0.25) is 0 Å². The Morgan fingerprint density at radius 1 is 1.04 bits per heavy atom. The second-order valence-corrected chi connectivity index (χ2v) is 6.80. The number of guanidine groups is 1. The lowest BCUT2D eigenvalue weighted by Crippen LogP contribution is -2.39. The molecule has 0 unspecified atom stereocenters. The summed E-state index contributed by atoms with van der Waals surface area (Å²) in [6, 6.07) is 8.48. The molecule has 6 heteroatoms. The fourth-order valence-electron chi connectivity index (χ4n) is 3.10. The summed E-state index contributed by atoms with van der Waals surface area (Å²) >= 11 is 0. The quantitative estimate of drug-likeness (QED) is 0.333. The van der Waals surface area contributed by atoms with Crippen LogP contribution in [-0.2, 0) is 15.9 Å². The van der Waals surface area contributed by atoms with E-state index < -0.39 is 0 Å². The summed E-state index contributed by atoms with van der Waals surface area (Å²) in [5, 5.41) is 6.65. The zero-order chi connectivity index (χ0) is 19.2. The lowest BCUT2D eigenvalue weighted by molar-refractivity contribution is 0.0698. The van der Waals surface area contributed by atoms with Crippen LogP contribution in [-0.4, -0.2) is 59.1 Å². The number of nitrogens with zero attached hydrogens (tertiary/aromatic N) is 1. The first-order valence-electron chi connectivity index (χ1n) is 10.1. The zero-order valence-electron chi connectivity index (χ0n) is 16.8. The lowest BCUT2D eigenvalue weighted by atomic mass is 10.1. The van der Waals surface area contributed by atoms with Crippen molar-refractivity contribution in [2.75, 3.05) is 47.1 Å². The van der Waals surface area contributed by atoms with Gasteiger partial charge in [-0.1, -0.05) is 12.1 Å². The van der Waals surface area contributed by atoms with Crippen LogP contribution in [0, 0.1) is 0 Å². The maximum absolute atomic E-state index is 6.01. The van der Waals surface area contributed by atoms with Crippen LogP contribution in [0.4, 0.5) is 0 Å². The van der Waals surface area contributed by atoms with Gasteiger partial charge in [0.1, 0.15) is 5.75 Å². The lowest BCUT2D eigenvalue weighted by Gasteiger charge is -2.14. The smallest absolute Gasteiger partial charge is 0.190 e. The molecule has 0 spiro atoms. The molecule has 1 aromatic carbocycles. The van der Waals surface area contributed by atoms with Crippen LogP contribution in [0.1, 0.15) is 37.7 Å². The highest BCUT2D eigenvalue weighted by Crippen LogP contribution is 2.24. The van der Waals surface area contributed by atoms with Gasteiger partial charge in [0.25, 0.3) is 0 Å². The number of hydrogen-bond acceptors (Lipinski definition) is 4. The van der Waals surface area contributed by atoms with E-state index in [9.17, 15) is 0 Å². The van der Waals surface area contributed by atoms with Crippen LogP contribution in [0.5, 0.6) is 5.75 Å². The van der Waals surface area contributed by atoms with E-state index in [1.165, 1.54) is 31.2 Å². The largest absolute Gasteiger partial charge is 0.490 e. The van der Waals surface area contributed by atoms with Gasteiger partial charge in [-0.2, -0.15) is 0 Å². The highest BCUT2D eigenvalue weighted by molar-refractivity contribution is 5.79.